The van der Waals surface area contributed by atoms with Gasteiger partial charge < -0.3 is 8.98 Å². The third kappa shape index (κ3) is 1.80. The fourth-order valence-corrected chi connectivity index (χ4v) is 3.61. The van der Waals surface area contributed by atoms with E-state index in [1.165, 1.54) is 6.39 Å². The minimum absolute atomic E-state index is 0.0398. The second-order valence-corrected chi connectivity index (χ2v) is 6.44. The van der Waals surface area contributed by atoms with E-state index in [0.717, 1.165) is 40.4 Å². The summed E-state index contributed by atoms with van der Waals surface area (Å²) in [5, 5.41) is 0.964. The van der Waals surface area contributed by atoms with E-state index >= 15 is 0 Å². The number of hydrogen-bond donors (Lipinski definition) is 0. The fraction of sp³-hybridized carbons (Fsp3) is 0.200. The predicted octanol–water partition coefficient (Wildman–Crippen LogP) is 4.45. The number of nitrogens with zero attached hydrogens (tertiary/aromatic N) is 2. The number of oxazole rings is 1. The van der Waals surface area contributed by atoms with Crippen LogP contribution < -0.4 is 5.56 Å². The van der Waals surface area contributed by atoms with Crippen LogP contribution in [0.3, 0.4) is 0 Å². The molecular formula is C20H16N2O2. The molecule has 5 rings (SSSR count). The Kier molecular flexibility index (Phi) is 2.71. The van der Waals surface area contributed by atoms with Crippen molar-refractivity contribution < 1.29 is 4.42 Å². The van der Waals surface area contributed by atoms with Gasteiger partial charge in [0.05, 0.1) is 5.52 Å². The van der Waals surface area contributed by atoms with Gasteiger partial charge >= 0.3 is 0 Å². The van der Waals surface area contributed by atoms with Gasteiger partial charge in [-0.2, -0.15) is 0 Å². The van der Waals surface area contributed by atoms with E-state index in [1.54, 1.807) is 0 Å². The summed E-state index contributed by atoms with van der Waals surface area (Å²) in [6.45, 7) is 2.09. The van der Waals surface area contributed by atoms with Gasteiger partial charge in [-0.25, -0.2) is 4.98 Å². The highest BCUT2D eigenvalue weighted by molar-refractivity contribution is 6.04. The van der Waals surface area contributed by atoms with E-state index < -0.39 is 0 Å². The van der Waals surface area contributed by atoms with Crippen LogP contribution in [0.4, 0.5) is 0 Å². The second-order valence-electron chi connectivity index (χ2n) is 6.44. The molecule has 0 bridgehead atoms. The lowest BCUT2D eigenvalue weighted by Gasteiger charge is -2.15. The molecule has 1 aliphatic carbocycles. The lowest BCUT2D eigenvalue weighted by molar-refractivity contribution is 0.604. The molecule has 0 radical (unpaired) electrons. The molecule has 1 saturated carbocycles. The average Bonchev–Trinajstić information content (AvgIpc) is 3.31. The summed E-state index contributed by atoms with van der Waals surface area (Å²) < 4.78 is 7.48. The molecule has 24 heavy (non-hydrogen) atoms. The summed E-state index contributed by atoms with van der Waals surface area (Å²) in [4.78, 5) is 17.1. The number of pyridine rings is 1. The van der Waals surface area contributed by atoms with Gasteiger partial charge in [0.25, 0.3) is 5.56 Å². The van der Waals surface area contributed by atoms with Gasteiger partial charge in [-0.15, -0.1) is 0 Å². The maximum absolute atomic E-state index is 12.9. The lowest BCUT2D eigenvalue weighted by Crippen LogP contribution is -2.20. The molecule has 4 nitrogen and oxygen atoms in total. The van der Waals surface area contributed by atoms with Crippen molar-refractivity contribution in [3.8, 4) is 11.1 Å². The molecule has 2 aromatic heterocycles. The average molecular weight is 316 g/mol. The van der Waals surface area contributed by atoms with Gasteiger partial charge in [-0.1, -0.05) is 36.4 Å². The number of rotatable bonds is 2. The highest BCUT2D eigenvalue weighted by atomic mass is 16.3. The summed E-state index contributed by atoms with van der Waals surface area (Å²) in [5.74, 6) is 0. The number of aromatic nitrogens is 2. The first-order valence-electron chi connectivity index (χ1n) is 8.22. The number of aryl methyl sites for hydroxylation is 1. The van der Waals surface area contributed by atoms with Crippen LogP contribution in [0.1, 0.15) is 24.4 Å². The molecule has 0 unspecified atom stereocenters. The maximum Gasteiger partial charge on any atom is 0.281 e. The Balaban J connectivity index is 1.96. The Morgan fingerprint density at radius 3 is 2.67 bits per heavy atom. The van der Waals surface area contributed by atoms with Gasteiger partial charge in [0.1, 0.15) is 0 Å². The van der Waals surface area contributed by atoms with Crippen LogP contribution in [-0.2, 0) is 0 Å². The zero-order valence-corrected chi connectivity index (χ0v) is 13.3. The van der Waals surface area contributed by atoms with E-state index in [2.05, 4.69) is 36.2 Å². The summed E-state index contributed by atoms with van der Waals surface area (Å²) in [5.41, 5.74) is 5.38. The van der Waals surface area contributed by atoms with Crippen LogP contribution in [0.2, 0.25) is 0 Å². The SMILES string of the molecule is Cc1c(-c2ccccc2)ccc2c3ocnc3c(=O)n(C3CC3)c12. The zero-order chi connectivity index (χ0) is 16.3. The summed E-state index contributed by atoms with van der Waals surface area (Å²) in [6, 6.07) is 14.7. The smallest absolute Gasteiger partial charge is 0.281 e. The van der Waals surface area contributed by atoms with Gasteiger partial charge in [0.2, 0.25) is 0 Å². The fourth-order valence-electron chi connectivity index (χ4n) is 3.61. The molecule has 1 fully saturated rings. The molecule has 4 heteroatoms. The van der Waals surface area contributed by atoms with Crippen LogP contribution in [0, 0.1) is 6.92 Å². The topological polar surface area (TPSA) is 48.0 Å². The maximum atomic E-state index is 12.9. The summed E-state index contributed by atoms with van der Waals surface area (Å²) >= 11 is 0. The molecule has 118 valence electrons. The van der Waals surface area contributed by atoms with Crippen molar-refractivity contribution in [2.75, 3.05) is 0 Å². The normalized spacial score (nSPS) is 14.5. The molecule has 0 N–H and O–H groups in total. The third-order valence-electron chi connectivity index (χ3n) is 4.90. The first kappa shape index (κ1) is 13.5. The van der Waals surface area contributed by atoms with Gasteiger partial charge in [-0.3, -0.25) is 4.79 Å². The van der Waals surface area contributed by atoms with Crippen molar-refractivity contribution in [1.82, 2.24) is 9.55 Å². The monoisotopic (exact) mass is 316 g/mol. The molecule has 2 aromatic carbocycles. The van der Waals surface area contributed by atoms with E-state index in [1.807, 2.05) is 22.8 Å². The van der Waals surface area contributed by atoms with Crippen molar-refractivity contribution in [3.05, 3.63) is 64.8 Å². The van der Waals surface area contributed by atoms with Gasteiger partial charge in [0, 0.05) is 11.4 Å². The first-order chi connectivity index (χ1) is 11.8. The van der Waals surface area contributed by atoms with E-state index in [9.17, 15) is 4.79 Å². The van der Waals surface area contributed by atoms with E-state index in [0.29, 0.717) is 11.1 Å². The van der Waals surface area contributed by atoms with Crippen LogP contribution >= 0.6 is 0 Å². The molecule has 4 aromatic rings. The second kappa shape index (κ2) is 4.81. The highest BCUT2D eigenvalue weighted by Crippen LogP contribution is 2.40. The van der Waals surface area contributed by atoms with Gasteiger partial charge in [0.15, 0.2) is 17.5 Å². The molecular weight excluding hydrogens is 300 g/mol. The molecule has 1 aliphatic rings. The van der Waals surface area contributed by atoms with E-state index in [-0.39, 0.29) is 11.6 Å². The first-order valence-corrected chi connectivity index (χ1v) is 8.22. The highest BCUT2D eigenvalue weighted by Gasteiger charge is 2.29. The molecule has 0 atom stereocenters. The van der Waals surface area contributed by atoms with Crippen molar-refractivity contribution >= 4 is 22.0 Å². The van der Waals surface area contributed by atoms with Crippen LogP contribution in [0.15, 0.2) is 58.1 Å². The Morgan fingerprint density at radius 1 is 1.12 bits per heavy atom. The van der Waals surface area contributed by atoms with Crippen LogP contribution in [0.5, 0.6) is 0 Å². The van der Waals surface area contributed by atoms with Crippen LogP contribution in [-0.4, -0.2) is 9.55 Å². The Bertz CT molecular complexity index is 1140. The zero-order valence-electron chi connectivity index (χ0n) is 13.3. The quantitative estimate of drug-likeness (QED) is 0.549. The van der Waals surface area contributed by atoms with Crippen molar-refractivity contribution in [1.29, 1.82) is 0 Å². The molecule has 0 aliphatic heterocycles. The Morgan fingerprint density at radius 2 is 1.92 bits per heavy atom. The largest absolute Gasteiger partial charge is 0.443 e. The molecule has 2 heterocycles. The molecule has 0 spiro atoms. The minimum Gasteiger partial charge on any atom is -0.443 e. The van der Waals surface area contributed by atoms with Crippen molar-refractivity contribution in [3.63, 3.8) is 0 Å². The number of fused-ring (bicyclic) bond motifs is 3. The number of benzene rings is 2. The van der Waals surface area contributed by atoms with E-state index in [4.69, 9.17) is 4.42 Å². The summed E-state index contributed by atoms with van der Waals surface area (Å²) in [7, 11) is 0. The number of hydrogen-bond acceptors (Lipinski definition) is 3. The van der Waals surface area contributed by atoms with Crippen molar-refractivity contribution in [2.45, 2.75) is 25.8 Å². The molecule has 0 saturated heterocycles. The summed E-state index contributed by atoms with van der Waals surface area (Å²) in [6.07, 6.45) is 3.46. The lowest BCUT2D eigenvalue weighted by atomic mass is 9.97. The standard InChI is InChI=1S/C20H16N2O2/c1-12-15(13-5-3-2-4-6-13)9-10-16-18(12)22(14-7-8-14)20(23)17-19(16)24-11-21-17/h2-6,9-11,14H,7-8H2,1H3. The van der Waals surface area contributed by atoms with Crippen LogP contribution in [0.25, 0.3) is 33.1 Å². The predicted molar refractivity (Wildman–Crippen MR) is 94.2 cm³/mol. The van der Waals surface area contributed by atoms with Crippen molar-refractivity contribution in [2.24, 2.45) is 0 Å². The van der Waals surface area contributed by atoms with Gasteiger partial charge in [-0.05, 0) is 42.5 Å². The molecule has 0 amide bonds. The Hall–Kier alpha value is -2.88. The minimum atomic E-state index is -0.0398. The Labute approximate surface area is 138 Å². The third-order valence-corrected chi connectivity index (χ3v) is 4.90.